The lowest BCUT2D eigenvalue weighted by atomic mass is 10.2. The Morgan fingerprint density at radius 1 is 1.69 bits per heavy atom. The number of carbonyl (C=O) groups excluding carboxylic acids is 1. The third kappa shape index (κ3) is 5.70. The number of amides is 1. The number of hydrogen-bond donors (Lipinski definition) is 2. The molecular formula is C8H11NO4. The monoisotopic (exact) mass is 185 g/mol. The molecule has 5 nitrogen and oxygen atoms in total. The normalized spacial score (nSPS) is 10.8. The maximum absolute atomic E-state index is 10.4. The van der Waals surface area contributed by atoms with Gasteiger partial charge in [0.25, 0.3) is 0 Å². The number of ether oxygens (including phenoxy) is 1. The molecule has 0 bridgehead atoms. The predicted molar refractivity (Wildman–Crippen MR) is 44.9 cm³/mol. The second-order valence-corrected chi connectivity index (χ2v) is 2.17. The highest BCUT2D eigenvalue weighted by molar-refractivity contribution is 5.76. The lowest BCUT2D eigenvalue weighted by molar-refractivity contribution is -0.140. The zero-order valence-corrected chi connectivity index (χ0v) is 7.24. The summed E-state index contributed by atoms with van der Waals surface area (Å²) in [6, 6.07) is -0.943. The van der Waals surface area contributed by atoms with E-state index in [-0.39, 0.29) is 13.0 Å². The van der Waals surface area contributed by atoms with Gasteiger partial charge in [0.1, 0.15) is 12.6 Å². The zero-order chi connectivity index (χ0) is 10.1. The molecule has 0 fully saturated rings. The summed E-state index contributed by atoms with van der Waals surface area (Å²) in [7, 11) is 1.49. The molecule has 0 saturated carbocycles. The highest BCUT2D eigenvalue weighted by Crippen LogP contribution is 1.88. The highest BCUT2D eigenvalue weighted by atomic mass is 16.5. The van der Waals surface area contributed by atoms with Gasteiger partial charge in [0.05, 0.1) is 0 Å². The number of carbonyl (C=O) groups is 2. The van der Waals surface area contributed by atoms with Gasteiger partial charge in [-0.15, -0.1) is 0 Å². The number of carboxylic acid groups (broad SMARTS) is 1. The number of carboxylic acids is 1. The maximum Gasteiger partial charge on any atom is 0.327 e. The van der Waals surface area contributed by atoms with Crippen molar-refractivity contribution in [3.63, 3.8) is 0 Å². The van der Waals surface area contributed by atoms with Crippen LogP contribution in [0, 0.1) is 11.8 Å². The van der Waals surface area contributed by atoms with E-state index in [2.05, 4.69) is 21.9 Å². The average Bonchev–Trinajstić information content (AvgIpc) is 2.10. The molecule has 0 rings (SSSR count). The fourth-order valence-electron chi connectivity index (χ4n) is 0.597. The quantitative estimate of drug-likeness (QED) is 0.435. The Hall–Kier alpha value is -1.54. The van der Waals surface area contributed by atoms with Gasteiger partial charge in [-0.3, -0.25) is 4.79 Å². The molecule has 0 spiro atoms. The van der Waals surface area contributed by atoms with Gasteiger partial charge >= 0.3 is 5.97 Å². The molecule has 1 amide bonds. The van der Waals surface area contributed by atoms with E-state index in [1.54, 1.807) is 0 Å². The average molecular weight is 185 g/mol. The molecule has 0 heterocycles. The third-order valence-electron chi connectivity index (χ3n) is 1.22. The van der Waals surface area contributed by atoms with Crippen molar-refractivity contribution < 1.29 is 19.4 Å². The van der Waals surface area contributed by atoms with Crippen LogP contribution in [0.4, 0.5) is 0 Å². The first kappa shape index (κ1) is 11.5. The summed E-state index contributed by atoms with van der Waals surface area (Å²) in [4.78, 5) is 20.4. The standard InChI is InChI=1S/C8H11NO4/c1-13-5-3-2-4-7(8(11)12)9-6-10/h6-7H,4-5H2,1H3,(H,9,10)(H,11,12). The number of nitrogens with one attached hydrogen (secondary N) is 1. The van der Waals surface area contributed by atoms with Gasteiger partial charge < -0.3 is 15.2 Å². The van der Waals surface area contributed by atoms with Crippen molar-refractivity contribution in [2.45, 2.75) is 12.5 Å². The minimum atomic E-state index is -1.10. The van der Waals surface area contributed by atoms with E-state index in [9.17, 15) is 9.59 Å². The fourth-order valence-corrected chi connectivity index (χ4v) is 0.597. The minimum absolute atomic E-state index is 0.0808. The van der Waals surface area contributed by atoms with E-state index in [1.165, 1.54) is 7.11 Å². The summed E-state index contributed by atoms with van der Waals surface area (Å²) >= 11 is 0. The van der Waals surface area contributed by atoms with Crippen LogP contribution in [0.2, 0.25) is 0 Å². The molecule has 1 unspecified atom stereocenters. The Bertz CT molecular complexity index is 228. The number of hydrogen-bond acceptors (Lipinski definition) is 3. The summed E-state index contributed by atoms with van der Waals surface area (Å²) < 4.78 is 4.63. The van der Waals surface area contributed by atoms with Crippen molar-refractivity contribution in [2.75, 3.05) is 13.7 Å². The first-order valence-electron chi connectivity index (χ1n) is 3.59. The number of rotatable bonds is 5. The second-order valence-electron chi connectivity index (χ2n) is 2.17. The largest absolute Gasteiger partial charge is 0.480 e. The molecule has 0 aromatic carbocycles. The van der Waals surface area contributed by atoms with Gasteiger partial charge in [-0.2, -0.15) is 0 Å². The van der Waals surface area contributed by atoms with Gasteiger partial charge in [-0.05, 0) is 0 Å². The van der Waals surface area contributed by atoms with E-state index in [0.717, 1.165) is 0 Å². The van der Waals surface area contributed by atoms with Gasteiger partial charge in [0, 0.05) is 13.5 Å². The molecule has 0 radical (unpaired) electrons. The predicted octanol–water partition coefficient (Wildman–Crippen LogP) is -0.774. The van der Waals surface area contributed by atoms with Crippen molar-refractivity contribution in [2.24, 2.45) is 0 Å². The third-order valence-corrected chi connectivity index (χ3v) is 1.22. The van der Waals surface area contributed by atoms with Crippen LogP contribution in [0.25, 0.3) is 0 Å². The Morgan fingerprint density at radius 2 is 2.38 bits per heavy atom. The van der Waals surface area contributed by atoms with Crippen molar-refractivity contribution in [1.82, 2.24) is 5.32 Å². The molecule has 0 aromatic heterocycles. The van der Waals surface area contributed by atoms with Gasteiger partial charge in [0.2, 0.25) is 6.41 Å². The molecule has 0 aliphatic rings. The summed E-state index contributed by atoms with van der Waals surface area (Å²) in [5.74, 6) is 4.06. The van der Waals surface area contributed by atoms with E-state index in [1.807, 2.05) is 0 Å². The lowest BCUT2D eigenvalue weighted by Crippen LogP contribution is -2.35. The molecular weight excluding hydrogens is 174 g/mol. The molecule has 0 aromatic rings. The fraction of sp³-hybridized carbons (Fsp3) is 0.500. The molecule has 0 saturated heterocycles. The van der Waals surface area contributed by atoms with Crippen molar-refractivity contribution in [1.29, 1.82) is 0 Å². The topological polar surface area (TPSA) is 75.6 Å². The van der Waals surface area contributed by atoms with Crippen LogP contribution in [-0.4, -0.2) is 37.2 Å². The number of methoxy groups -OCH3 is 1. The van der Waals surface area contributed by atoms with E-state index >= 15 is 0 Å². The second kappa shape index (κ2) is 7.13. The summed E-state index contributed by atoms with van der Waals surface area (Å²) in [6.45, 7) is 0.257. The summed E-state index contributed by atoms with van der Waals surface area (Å²) in [5, 5.41) is 10.7. The number of aliphatic carboxylic acids is 1. The van der Waals surface area contributed by atoms with Crippen molar-refractivity contribution >= 4 is 12.4 Å². The van der Waals surface area contributed by atoms with Gasteiger partial charge in [-0.1, -0.05) is 11.8 Å². The van der Waals surface area contributed by atoms with Crippen LogP contribution in [0.3, 0.4) is 0 Å². The van der Waals surface area contributed by atoms with Gasteiger partial charge in [-0.25, -0.2) is 4.79 Å². The smallest absolute Gasteiger partial charge is 0.327 e. The summed E-state index contributed by atoms with van der Waals surface area (Å²) in [6.07, 6.45) is 0.425. The molecule has 0 aliphatic heterocycles. The van der Waals surface area contributed by atoms with Crippen LogP contribution in [0.5, 0.6) is 0 Å². The SMILES string of the molecule is COCC#CCC(NC=O)C(=O)O. The van der Waals surface area contributed by atoms with Crippen molar-refractivity contribution in [3.05, 3.63) is 0 Å². The Morgan fingerprint density at radius 3 is 2.85 bits per heavy atom. The van der Waals surface area contributed by atoms with Crippen LogP contribution >= 0.6 is 0 Å². The molecule has 5 heteroatoms. The van der Waals surface area contributed by atoms with Crippen LogP contribution in [-0.2, 0) is 14.3 Å². The van der Waals surface area contributed by atoms with Crippen LogP contribution in [0.1, 0.15) is 6.42 Å². The van der Waals surface area contributed by atoms with E-state index < -0.39 is 12.0 Å². The lowest BCUT2D eigenvalue weighted by Gasteiger charge is -2.05. The maximum atomic E-state index is 10.4. The zero-order valence-electron chi connectivity index (χ0n) is 7.24. The van der Waals surface area contributed by atoms with E-state index in [0.29, 0.717) is 6.41 Å². The first-order chi connectivity index (χ1) is 6.22. The van der Waals surface area contributed by atoms with Gasteiger partial charge in [0.15, 0.2) is 0 Å². The first-order valence-corrected chi connectivity index (χ1v) is 3.59. The van der Waals surface area contributed by atoms with Crippen LogP contribution < -0.4 is 5.32 Å². The Kier molecular flexibility index (Phi) is 6.28. The molecule has 13 heavy (non-hydrogen) atoms. The Labute approximate surface area is 76.1 Å². The van der Waals surface area contributed by atoms with E-state index in [4.69, 9.17) is 5.11 Å². The molecule has 1 atom stereocenters. The highest BCUT2D eigenvalue weighted by Gasteiger charge is 2.13. The van der Waals surface area contributed by atoms with Crippen LogP contribution in [0.15, 0.2) is 0 Å². The minimum Gasteiger partial charge on any atom is -0.480 e. The molecule has 0 aliphatic carbocycles. The molecule has 2 N–H and O–H groups in total. The summed E-state index contributed by atoms with van der Waals surface area (Å²) in [5.41, 5.74) is 0. The molecule has 72 valence electrons. The Balaban J connectivity index is 3.90. The van der Waals surface area contributed by atoms with Crippen molar-refractivity contribution in [3.8, 4) is 11.8 Å².